The zero-order chi connectivity index (χ0) is 9.19. The van der Waals surface area contributed by atoms with Crippen molar-refractivity contribution in [1.82, 2.24) is 0 Å². The van der Waals surface area contributed by atoms with Crippen LogP contribution in [0.15, 0.2) is 30.3 Å². The average molecular weight is 182 g/mol. The van der Waals surface area contributed by atoms with Gasteiger partial charge in [-0.3, -0.25) is 0 Å². The van der Waals surface area contributed by atoms with Gasteiger partial charge in [0.1, 0.15) is 0 Å². The van der Waals surface area contributed by atoms with Gasteiger partial charge in [-0.2, -0.15) is 0 Å². The zero-order valence-electron chi connectivity index (χ0n) is 7.79. The molecule has 0 aliphatic heterocycles. The third-order valence-electron chi connectivity index (χ3n) is 2.38. The van der Waals surface area contributed by atoms with Gasteiger partial charge in [0, 0.05) is 5.16 Å². The van der Waals surface area contributed by atoms with E-state index in [0.717, 1.165) is 5.56 Å². The summed E-state index contributed by atoms with van der Waals surface area (Å²) in [6.07, 6.45) is 0. The summed E-state index contributed by atoms with van der Waals surface area (Å²) in [5.74, 6) is 0. The third kappa shape index (κ3) is 1.78. The van der Waals surface area contributed by atoms with Crippen LogP contribution in [-0.2, 0) is 9.72 Å². The molecule has 12 heavy (non-hydrogen) atoms. The molecule has 0 heterocycles. The second-order valence-electron chi connectivity index (χ2n) is 3.55. The first-order valence-corrected chi connectivity index (χ1v) is 6.02. The molecule has 1 aromatic rings. The van der Waals surface area contributed by atoms with Crippen molar-refractivity contribution >= 4 is 7.80 Å². The van der Waals surface area contributed by atoms with Crippen LogP contribution in [0.3, 0.4) is 0 Å². The molecule has 0 N–H and O–H groups in total. The number of hydrogen-bond donors (Lipinski definition) is 0. The van der Waals surface area contributed by atoms with Gasteiger partial charge in [-0.15, -0.1) is 0 Å². The Hall–Kier alpha value is -0.550. The van der Waals surface area contributed by atoms with Crippen molar-refractivity contribution in [2.75, 3.05) is 6.66 Å². The van der Waals surface area contributed by atoms with Crippen molar-refractivity contribution in [1.29, 1.82) is 0 Å². The first-order valence-electron chi connectivity index (χ1n) is 4.11. The fourth-order valence-electron chi connectivity index (χ4n) is 1.06. The largest absolute Gasteiger partial charge is 0.326 e. The summed E-state index contributed by atoms with van der Waals surface area (Å²) in [7, 11) is -1.51. The second kappa shape index (κ2) is 3.45. The Morgan fingerprint density at radius 2 is 1.67 bits per heavy atom. The molecule has 1 atom stereocenters. The predicted molar refractivity (Wildman–Crippen MR) is 54.4 cm³/mol. The van der Waals surface area contributed by atoms with E-state index in [-0.39, 0.29) is 5.16 Å². The highest BCUT2D eigenvalue weighted by Gasteiger charge is 2.23. The van der Waals surface area contributed by atoms with E-state index in [9.17, 15) is 4.57 Å². The summed E-state index contributed by atoms with van der Waals surface area (Å²) in [5.41, 5.74) is 1.16. The molecule has 0 bridgehead atoms. The van der Waals surface area contributed by atoms with Crippen molar-refractivity contribution in [3.05, 3.63) is 35.9 Å². The maximum absolute atomic E-state index is 11.5. The molecule has 1 aromatic carbocycles. The molecule has 66 valence electrons. The molecule has 0 spiro atoms. The molecule has 0 amide bonds. The van der Waals surface area contributed by atoms with E-state index in [1.54, 1.807) is 0 Å². The number of hydrogen-bond acceptors (Lipinski definition) is 1. The highest BCUT2D eigenvalue weighted by atomic mass is 31.1. The van der Waals surface area contributed by atoms with Crippen LogP contribution < -0.4 is 0 Å². The maximum atomic E-state index is 11.5. The Balaban J connectivity index is 3.06. The zero-order valence-corrected chi connectivity index (χ0v) is 8.79. The van der Waals surface area contributed by atoms with Crippen molar-refractivity contribution in [2.24, 2.45) is 0 Å². The van der Waals surface area contributed by atoms with Gasteiger partial charge in [0.15, 0.2) is 0 Å². The summed E-state index contributed by atoms with van der Waals surface area (Å²) in [4.78, 5) is 0. The first-order chi connectivity index (χ1) is 5.55. The quantitative estimate of drug-likeness (QED) is 0.642. The molecule has 0 aliphatic carbocycles. The second-order valence-corrected chi connectivity index (χ2v) is 5.91. The molecule has 1 rings (SSSR count). The molecule has 0 aromatic heterocycles. The SMILES string of the molecule is C[PH](=O)C(C)(C)c1ccccc1. The normalized spacial score (nSPS) is 14.2. The molecule has 0 aliphatic rings. The molecule has 1 nitrogen and oxygen atoms in total. The Morgan fingerprint density at radius 3 is 2.08 bits per heavy atom. The van der Waals surface area contributed by atoms with Crippen LogP contribution in [0.1, 0.15) is 19.4 Å². The average Bonchev–Trinajstić information content (AvgIpc) is 2.06. The molecule has 2 heteroatoms. The minimum atomic E-state index is -1.51. The van der Waals surface area contributed by atoms with E-state index in [1.165, 1.54) is 0 Å². The van der Waals surface area contributed by atoms with Gasteiger partial charge < -0.3 is 4.57 Å². The van der Waals surface area contributed by atoms with E-state index in [4.69, 9.17) is 0 Å². The third-order valence-corrected chi connectivity index (χ3v) is 4.42. The summed E-state index contributed by atoms with van der Waals surface area (Å²) in [6, 6.07) is 10.0. The fourth-order valence-corrected chi connectivity index (χ4v) is 1.63. The minimum absolute atomic E-state index is 0.161. The number of rotatable bonds is 2. The number of benzene rings is 1. The summed E-state index contributed by atoms with van der Waals surface area (Å²) >= 11 is 0. The minimum Gasteiger partial charge on any atom is -0.326 e. The standard InChI is InChI=1S/C10H15OP/c1-10(2,12(3)11)9-7-5-4-6-8-9/h4-8,12H,1-3H3. The van der Waals surface area contributed by atoms with Gasteiger partial charge in [0.2, 0.25) is 0 Å². The molecule has 1 unspecified atom stereocenters. The van der Waals surface area contributed by atoms with Crippen LogP contribution >= 0.6 is 7.80 Å². The van der Waals surface area contributed by atoms with E-state index in [1.807, 2.05) is 50.8 Å². The van der Waals surface area contributed by atoms with Crippen LogP contribution in [0.5, 0.6) is 0 Å². The molecule has 0 radical (unpaired) electrons. The van der Waals surface area contributed by atoms with E-state index < -0.39 is 7.80 Å². The van der Waals surface area contributed by atoms with Gasteiger partial charge in [-0.25, -0.2) is 0 Å². The van der Waals surface area contributed by atoms with Crippen LogP contribution in [0.25, 0.3) is 0 Å². The van der Waals surface area contributed by atoms with Gasteiger partial charge in [-0.05, 0) is 26.1 Å². The maximum Gasteiger partial charge on any atom is 0.0827 e. The van der Waals surface area contributed by atoms with Gasteiger partial charge in [0.05, 0.1) is 7.80 Å². The smallest absolute Gasteiger partial charge is 0.0827 e. The lowest BCUT2D eigenvalue weighted by Gasteiger charge is -2.22. The topological polar surface area (TPSA) is 17.1 Å². The Morgan fingerprint density at radius 1 is 1.17 bits per heavy atom. The van der Waals surface area contributed by atoms with Crippen molar-refractivity contribution in [3.63, 3.8) is 0 Å². The summed E-state index contributed by atoms with van der Waals surface area (Å²) < 4.78 is 11.5. The lowest BCUT2D eigenvalue weighted by molar-refractivity contribution is 0.565. The van der Waals surface area contributed by atoms with E-state index >= 15 is 0 Å². The van der Waals surface area contributed by atoms with Crippen LogP contribution in [0.4, 0.5) is 0 Å². The van der Waals surface area contributed by atoms with Crippen molar-refractivity contribution in [3.8, 4) is 0 Å². The van der Waals surface area contributed by atoms with Crippen LogP contribution in [-0.4, -0.2) is 6.66 Å². The fraction of sp³-hybridized carbons (Fsp3) is 0.400. The monoisotopic (exact) mass is 182 g/mol. The lowest BCUT2D eigenvalue weighted by Crippen LogP contribution is -2.10. The van der Waals surface area contributed by atoms with Crippen LogP contribution in [0.2, 0.25) is 0 Å². The van der Waals surface area contributed by atoms with E-state index in [2.05, 4.69) is 0 Å². The highest BCUT2D eigenvalue weighted by molar-refractivity contribution is 7.45. The highest BCUT2D eigenvalue weighted by Crippen LogP contribution is 2.43. The molecule has 0 fully saturated rings. The van der Waals surface area contributed by atoms with Gasteiger partial charge in [-0.1, -0.05) is 30.3 Å². The van der Waals surface area contributed by atoms with E-state index in [0.29, 0.717) is 0 Å². The molecule has 0 saturated carbocycles. The van der Waals surface area contributed by atoms with Gasteiger partial charge >= 0.3 is 0 Å². The molecular weight excluding hydrogens is 167 g/mol. The molecular formula is C10H15OP. The lowest BCUT2D eigenvalue weighted by atomic mass is 10.0. The first kappa shape index (κ1) is 9.54. The van der Waals surface area contributed by atoms with Crippen molar-refractivity contribution in [2.45, 2.75) is 19.0 Å². The Kier molecular flexibility index (Phi) is 2.74. The van der Waals surface area contributed by atoms with Crippen molar-refractivity contribution < 1.29 is 4.57 Å². The van der Waals surface area contributed by atoms with Gasteiger partial charge in [0.25, 0.3) is 0 Å². The Bertz CT molecular complexity index is 277. The molecule has 0 saturated heterocycles. The summed E-state index contributed by atoms with van der Waals surface area (Å²) in [5, 5.41) is -0.161. The predicted octanol–water partition coefficient (Wildman–Crippen LogP) is 3.11. The van der Waals surface area contributed by atoms with Crippen LogP contribution in [0, 0.1) is 0 Å². The Labute approximate surface area is 74.6 Å². The summed E-state index contributed by atoms with van der Waals surface area (Å²) in [6.45, 7) is 5.88.